The molecule has 6 nitrogen and oxygen atoms in total. The van der Waals surface area contributed by atoms with Gasteiger partial charge < -0.3 is 14.5 Å². The first kappa shape index (κ1) is 23.1. The van der Waals surface area contributed by atoms with Crippen LogP contribution >= 0.6 is 0 Å². The van der Waals surface area contributed by atoms with Crippen LogP contribution in [0.2, 0.25) is 0 Å². The van der Waals surface area contributed by atoms with E-state index in [2.05, 4.69) is 6.08 Å². The SMILES string of the molecule is CCC(=O)N1CCN(C(=O)c2c3c(nc4ccccc24)/C(=C\c2ccc(OC)cc2)CCC3)CC1. The molecule has 0 radical (unpaired) electrons. The number of methoxy groups -OCH3 is 1. The summed E-state index contributed by atoms with van der Waals surface area (Å²) in [5.74, 6) is 1.03. The molecule has 0 spiro atoms. The summed E-state index contributed by atoms with van der Waals surface area (Å²) in [6, 6.07) is 16.0. The zero-order valence-electron chi connectivity index (χ0n) is 20.4. The molecule has 1 aliphatic carbocycles. The van der Waals surface area contributed by atoms with E-state index in [9.17, 15) is 9.59 Å². The Morgan fingerprint density at radius 2 is 1.69 bits per heavy atom. The predicted molar refractivity (Wildman–Crippen MR) is 138 cm³/mol. The average molecular weight is 470 g/mol. The van der Waals surface area contributed by atoms with Crippen molar-refractivity contribution in [2.75, 3.05) is 33.3 Å². The minimum Gasteiger partial charge on any atom is -0.497 e. The van der Waals surface area contributed by atoms with E-state index in [1.807, 2.05) is 65.3 Å². The molecule has 6 heteroatoms. The standard InChI is InChI=1S/C29H31N3O3/c1-3-26(33)31-15-17-32(18-16-31)29(34)27-23-8-4-5-10-25(23)30-28-21(7-6-9-24(27)28)19-20-11-13-22(35-2)14-12-20/h4-5,8,10-14,19H,3,6-7,9,15-18H2,1-2H3/b21-19-. The van der Waals surface area contributed by atoms with Crippen molar-refractivity contribution < 1.29 is 14.3 Å². The number of benzene rings is 2. The van der Waals surface area contributed by atoms with E-state index < -0.39 is 0 Å². The lowest BCUT2D eigenvalue weighted by atomic mass is 9.85. The Morgan fingerprint density at radius 1 is 0.971 bits per heavy atom. The molecule has 3 aromatic rings. The second-order valence-electron chi connectivity index (χ2n) is 9.15. The van der Waals surface area contributed by atoms with E-state index in [-0.39, 0.29) is 11.8 Å². The number of carbonyl (C=O) groups is 2. The topological polar surface area (TPSA) is 62.7 Å². The van der Waals surface area contributed by atoms with Gasteiger partial charge in [-0.15, -0.1) is 0 Å². The summed E-state index contributed by atoms with van der Waals surface area (Å²) in [5.41, 5.74) is 5.86. The van der Waals surface area contributed by atoms with E-state index >= 15 is 0 Å². The van der Waals surface area contributed by atoms with E-state index in [0.29, 0.717) is 32.6 Å². The molecule has 2 heterocycles. The van der Waals surface area contributed by atoms with Gasteiger partial charge in [-0.1, -0.05) is 37.3 Å². The second kappa shape index (κ2) is 9.90. The highest BCUT2D eigenvalue weighted by Gasteiger charge is 2.30. The Balaban J connectivity index is 1.54. The van der Waals surface area contributed by atoms with Crippen molar-refractivity contribution in [3.63, 3.8) is 0 Å². The molecular formula is C29H31N3O3. The molecule has 2 aliphatic rings. The van der Waals surface area contributed by atoms with Crippen molar-refractivity contribution in [2.45, 2.75) is 32.6 Å². The van der Waals surface area contributed by atoms with Gasteiger partial charge in [0, 0.05) is 38.0 Å². The minimum atomic E-state index is 0.0501. The molecule has 5 rings (SSSR count). The van der Waals surface area contributed by atoms with Gasteiger partial charge in [-0.25, -0.2) is 4.98 Å². The van der Waals surface area contributed by atoms with Gasteiger partial charge in [-0.2, -0.15) is 0 Å². The highest BCUT2D eigenvalue weighted by atomic mass is 16.5. The van der Waals surface area contributed by atoms with Crippen LogP contribution in [0.15, 0.2) is 48.5 Å². The summed E-state index contributed by atoms with van der Waals surface area (Å²) >= 11 is 0. The number of aromatic nitrogens is 1. The van der Waals surface area contributed by atoms with Crippen LogP contribution in [0, 0.1) is 0 Å². The predicted octanol–water partition coefficient (Wildman–Crippen LogP) is 4.81. The number of hydrogen-bond acceptors (Lipinski definition) is 4. The number of ether oxygens (including phenoxy) is 1. The number of para-hydroxylation sites is 1. The first-order valence-electron chi connectivity index (χ1n) is 12.4. The van der Waals surface area contributed by atoms with Crippen LogP contribution in [0.1, 0.15) is 53.4 Å². The number of piperazine rings is 1. The van der Waals surface area contributed by atoms with Crippen LogP contribution in [0.25, 0.3) is 22.6 Å². The van der Waals surface area contributed by atoms with E-state index in [1.165, 1.54) is 0 Å². The molecule has 0 atom stereocenters. The Labute approximate surface area is 206 Å². The number of allylic oxidation sites excluding steroid dienone is 1. The fourth-order valence-electron chi connectivity index (χ4n) is 5.16. The molecule has 180 valence electrons. The molecule has 35 heavy (non-hydrogen) atoms. The third kappa shape index (κ3) is 4.53. The van der Waals surface area contributed by atoms with Crippen molar-refractivity contribution in [1.82, 2.24) is 14.8 Å². The smallest absolute Gasteiger partial charge is 0.255 e. The third-order valence-corrected chi connectivity index (χ3v) is 7.06. The first-order valence-corrected chi connectivity index (χ1v) is 12.4. The zero-order valence-corrected chi connectivity index (χ0v) is 20.4. The Morgan fingerprint density at radius 3 is 2.40 bits per heavy atom. The van der Waals surface area contributed by atoms with Gasteiger partial charge in [0.2, 0.25) is 5.91 Å². The Bertz CT molecular complexity index is 1290. The number of carbonyl (C=O) groups excluding carboxylic acids is 2. The van der Waals surface area contributed by atoms with Crippen molar-refractivity contribution in [2.24, 2.45) is 0 Å². The molecule has 1 aliphatic heterocycles. The fourth-order valence-corrected chi connectivity index (χ4v) is 5.16. The van der Waals surface area contributed by atoms with Crippen LogP contribution in [0.5, 0.6) is 5.75 Å². The normalized spacial score (nSPS) is 16.9. The third-order valence-electron chi connectivity index (χ3n) is 7.06. The molecule has 0 bridgehead atoms. The Kier molecular flexibility index (Phi) is 6.53. The molecule has 1 saturated heterocycles. The van der Waals surface area contributed by atoms with Gasteiger partial charge in [0.1, 0.15) is 5.75 Å². The molecule has 1 aromatic heterocycles. The van der Waals surface area contributed by atoms with Crippen molar-refractivity contribution >= 4 is 34.4 Å². The molecule has 2 amide bonds. The lowest BCUT2D eigenvalue weighted by Gasteiger charge is -2.35. The molecule has 1 fully saturated rings. The lowest BCUT2D eigenvalue weighted by molar-refractivity contribution is -0.132. The van der Waals surface area contributed by atoms with Crippen molar-refractivity contribution in [1.29, 1.82) is 0 Å². The van der Waals surface area contributed by atoms with Crippen LogP contribution in [-0.4, -0.2) is 59.9 Å². The monoisotopic (exact) mass is 469 g/mol. The number of fused-ring (bicyclic) bond motifs is 2. The maximum Gasteiger partial charge on any atom is 0.255 e. The summed E-state index contributed by atoms with van der Waals surface area (Å²) in [7, 11) is 1.67. The maximum absolute atomic E-state index is 13.9. The zero-order chi connectivity index (χ0) is 24.4. The van der Waals surface area contributed by atoms with Gasteiger partial charge in [-0.3, -0.25) is 9.59 Å². The number of rotatable bonds is 4. The van der Waals surface area contributed by atoms with Gasteiger partial charge in [0.05, 0.1) is 23.9 Å². The summed E-state index contributed by atoms with van der Waals surface area (Å²) in [4.78, 5) is 34.8. The summed E-state index contributed by atoms with van der Waals surface area (Å²) in [5, 5.41) is 0.911. The number of pyridine rings is 1. The average Bonchev–Trinajstić information content (AvgIpc) is 2.91. The molecule has 0 unspecified atom stereocenters. The maximum atomic E-state index is 13.9. The quantitative estimate of drug-likeness (QED) is 0.550. The summed E-state index contributed by atoms with van der Waals surface area (Å²) in [6.07, 6.45) is 5.43. The molecular weight excluding hydrogens is 438 g/mol. The number of nitrogens with zero attached hydrogens (tertiary/aromatic N) is 3. The summed E-state index contributed by atoms with van der Waals surface area (Å²) < 4.78 is 5.29. The van der Waals surface area contributed by atoms with E-state index in [0.717, 1.165) is 63.9 Å². The molecule has 0 saturated carbocycles. The van der Waals surface area contributed by atoms with Crippen molar-refractivity contribution in [3.8, 4) is 5.75 Å². The second-order valence-corrected chi connectivity index (χ2v) is 9.15. The van der Waals surface area contributed by atoms with Gasteiger partial charge in [-0.05, 0) is 60.2 Å². The number of hydrogen-bond donors (Lipinski definition) is 0. The van der Waals surface area contributed by atoms with Crippen molar-refractivity contribution in [3.05, 3.63) is 70.9 Å². The molecule has 2 aromatic carbocycles. The fraction of sp³-hybridized carbons (Fsp3) is 0.345. The van der Waals surface area contributed by atoms with Gasteiger partial charge in [0.25, 0.3) is 5.91 Å². The van der Waals surface area contributed by atoms with E-state index in [4.69, 9.17) is 9.72 Å². The largest absolute Gasteiger partial charge is 0.497 e. The van der Waals surface area contributed by atoms with Gasteiger partial charge in [0.15, 0.2) is 0 Å². The van der Waals surface area contributed by atoms with Crippen LogP contribution in [0.3, 0.4) is 0 Å². The summed E-state index contributed by atoms with van der Waals surface area (Å²) in [6.45, 7) is 4.18. The molecule has 0 N–H and O–H groups in total. The van der Waals surface area contributed by atoms with E-state index in [1.54, 1.807) is 7.11 Å². The van der Waals surface area contributed by atoms with Crippen LogP contribution < -0.4 is 4.74 Å². The highest BCUT2D eigenvalue weighted by Crippen LogP contribution is 2.37. The lowest BCUT2D eigenvalue weighted by Crippen LogP contribution is -2.50. The highest BCUT2D eigenvalue weighted by molar-refractivity contribution is 6.09. The van der Waals surface area contributed by atoms with Crippen LogP contribution in [0.4, 0.5) is 0 Å². The number of amides is 2. The minimum absolute atomic E-state index is 0.0501. The Hall–Kier alpha value is -3.67. The van der Waals surface area contributed by atoms with Crippen LogP contribution in [-0.2, 0) is 11.2 Å². The first-order chi connectivity index (χ1) is 17.1. The van der Waals surface area contributed by atoms with Gasteiger partial charge >= 0.3 is 0 Å².